The largest absolute Gasteiger partial charge is 0.322 e. The standard InChI is InChI=1S/C24H29N5O2S2/c1-14(2)33-18-9-7-17(8-10-18)12-22(30)26-21-13-19(20-6-5-11-32-20)28-29(21)24-25-16(4)15(3)23(31)27-24/h5-11,13-16,24-25H,12H2,1-4H3,(H,26,30)(H,27,31). The molecule has 1 aliphatic heterocycles. The number of benzene rings is 1. The maximum atomic E-state index is 12.9. The molecule has 174 valence electrons. The van der Waals surface area contributed by atoms with E-state index < -0.39 is 6.29 Å². The molecule has 1 aliphatic rings. The molecule has 3 aromatic rings. The van der Waals surface area contributed by atoms with Gasteiger partial charge in [-0.15, -0.1) is 23.1 Å². The number of carbonyl (C=O) groups is 2. The lowest BCUT2D eigenvalue weighted by Gasteiger charge is -2.34. The van der Waals surface area contributed by atoms with Crippen LogP contribution in [0.5, 0.6) is 0 Å². The lowest BCUT2D eigenvalue weighted by Crippen LogP contribution is -2.57. The van der Waals surface area contributed by atoms with Crippen LogP contribution in [0.1, 0.15) is 39.5 Å². The Bertz CT molecular complexity index is 1110. The van der Waals surface area contributed by atoms with E-state index in [-0.39, 0.29) is 30.2 Å². The first-order chi connectivity index (χ1) is 15.8. The summed E-state index contributed by atoms with van der Waals surface area (Å²) in [6, 6.07) is 13.9. The summed E-state index contributed by atoms with van der Waals surface area (Å²) in [4.78, 5) is 27.5. The van der Waals surface area contributed by atoms with E-state index in [1.54, 1.807) is 27.8 Å². The fourth-order valence-corrected chi connectivity index (χ4v) is 5.14. The molecule has 0 radical (unpaired) electrons. The first-order valence-electron chi connectivity index (χ1n) is 11.1. The molecule has 0 bridgehead atoms. The van der Waals surface area contributed by atoms with Gasteiger partial charge in [0.25, 0.3) is 0 Å². The number of hydrogen-bond acceptors (Lipinski definition) is 6. The van der Waals surface area contributed by atoms with Gasteiger partial charge in [0.2, 0.25) is 11.8 Å². The number of aromatic nitrogens is 2. The van der Waals surface area contributed by atoms with Crippen molar-refractivity contribution in [2.75, 3.05) is 5.32 Å². The Morgan fingerprint density at radius 1 is 1.24 bits per heavy atom. The van der Waals surface area contributed by atoms with Crippen LogP contribution in [0, 0.1) is 5.92 Å². The molecule has 4 rings (SSSR count). The van der Waals surface area contributed by atoms with Crippen LogP contribution < -0.4 is 16.0 Å². The van der Waals surface area contributed by atoms with Gasteiger partial charge in [0, 0.05) is 22.3 Å². The van der Waals surface area contributed by atoms with E-state index in [0.717, 1.165) is 16.1 Å². The van der Waals surface area contributed by atoms with Crippen LogP contribution in [-0.4, -0.2) is 32.9 Å². The monoisotopic (exact) mass is 483 g/mol. The Kier molecular flexibility index (Phi) is 7.21. The van der Waals surface area contributed by atoms with Crippen molar-refractivity contribution in [3.8, 4) is 10.6 Å². The second-order valence-electron chi connectivity index (χ2n) is 8.53. The van der Waals surface area contributed by atoms with Crippen molar-refractivity contribution < 1.29 is 9.59 Å². The number of rotatable bonds is 7. The Labute approximate surface area is 202 Å². The van der Waals surface area contributed by atoms with E-state index in [9.17, 15) is 9.59 Å². The average Bonchev–Trinajstić information content (AvgIpc) is 3.43. The first kappa shape index (κ1) is 23.5. The molecule has 7 nitrogen and oxygen atoms in total. The van der Waals surface area contributed by atoms with Crippen molar-refractivity contribution in [2.45, 2.75) is 56.6 Å². The van der Waals surface area contributed by atoms with Gasteiger partial charge in [0.1, 0.15) is 11.5 Å². The molecule has 0 aliphatic carbocycles. The van der Waals surface area contributed by atoms with E-state index in [4.69, 9.17) is 5.10 Å². The van der Waals surface area contributed by atoms with Gasteiger partial charge in [-0.05, 0) is 36.1 Å². The Morgan fingerprint density at radius 2 is 2.00 bits per heavy atom. The zero-order valence-electron chi connectivity index (χ0n) is 19.2. The molecule has 3 unspecified atom stereocenters. The van der Waals surface area contributed by atoms with Crippen LogP contribution in [-0.2, 0) is 16.0 Å². The molecule has 0 spiro atoms. The van der Waals surface area contributed by atoms with Crippen molar-refractivity contribution >= 4 is 40.7 Å². The third-order valence-electron chi connectivity index (χ3n) is 5.54. The van der Waals surface area contributed by atoms with E-state index in [1.807, 2.05) is 49.6 Å². The first-order valence-corrected chi connectivity index (χ1v) is 12.8. The SMILES string of the molecule is CC(C)Sc1ccc(CC(=O)Nc2cc(-c3cccs3)nn2C2NC(=O)C(C)C(C)N2)cc1. The highest BCUT2D eigenvalue weighted by Crippen LogP contribution is 2.28. The smallest absolute Gasteiger partial charge is 0.229 e. The summed E-state index contributed by atoms with van der Waals surface area (Å²) in [7, 11) is 0. The fraction of sp³-hybridized carbons (Fsp3) is 0.375. The number of nitrogens with one attached hydrogen (secondary N) is 3. The number of amides is 2. The van der Waals surface area contributed by atoms with Gasteiger partial charge < -0.3 is 10.6 Å². The van der Waals surface area contributed by atoms with Crippen molar-refractivity contribution in [3.05, 3.63) is 53.4 Å². The van der Waals surface area contributed by atoms with Crippen molar-refractivity contribution in [2.24, 2.45) is 5.92 Å². The molecule has 1 aromatic carbocycles. The van der Waals surface area contributed by atoms with Gasteiger partial charge in [-0.25, -0.2) is 4.68 Å². The number of hydrogen-bond donors (Lipinski definition) is 3. The van der Waals surface area contributed by atoms with Crippen LogP contribution in [0.25, 0.3) is 10.6 Å². The predicted octanol–water partition coefficient (Wildman–Crippen LogP) is 4.49. The minimum absolute atomic E-state index is 0.0242. The second-order valence-corrected chi connectivity index (χ2v) is 11.1. The van der Waals surface area contributed by atoms with Crippen LogP contribution in [0.3, 0.4) is 0 Å². The molecule has 3 N–H and O–H groups in total. The molecule has 2 amide bonds. The molecular weight excluding hydrogens is 454 g/mol. The van der Waals surface area contributed by atoms with Gasteiger partial charge in [-0.1, -0.05) is 39.0 Å². The van der Waals surface area contributed by atoms with E-state index in [2.05, 4.69) is 41.9 Å². The molecule has 3 atom stereocenters. The van der Waals surface area contributed by atoms with Gasteiger partial charge in [-0.3, -0.25) is 14.9 Å². The lowest BCUT2D eigenvalue weighted by molar-refractivity contribution is -0.130. The van der Waals surface area contributed by atoms with Crippen molar-refractivity contribution in [1.82, 2.24) is 20.4 Å². The van der Waals surface area contributed by atoms with E-state index >= 15 is 0 Å². The topological polar surface area (TPSA) is 88.1 Å². The van der Waals surface area contributed by atoms with Gasteiger partial charge in [0.05, 0.1) is 17.2 Å². The minimum Gasteiger partial charge on any atom is -0.322 e. The molecule has 2 aromatic heterocycles. The molecular formula is C24H29N5O2S2. The molecule has 1 fully saturated rings. The second kappa shape index (κ2) is 10.1. The Hall–Kier alpha value is -2.62. The van der Waals surface area contributed by atoms with Crippen LogP contribution in [0.4, 0.5) is 5.82 Å². The zero-order valence-corrected chi connectivity index (χ0v) is 20.8. The summed E-state index contributed by atoms with van der Waals surface area (Å²) in [6.07, 6.45) is -0.288. The number of carbonyl (C=O) groups excluding carboxylic acids is 2. The van der Waals surface area contributed by atoms with Gasteiger partial charge in [0.15, 0.2) is 6.29 Å². The normalized spacial score (nSPS) is 20.6. The van der Waals surface area contributed by atoms with Crippen molar-refractivity contribution in [1.29, 1.82) is 0 Å². The highest BCUT2D eigenvalue weighted by Gasteiger charge is 2.32. The maximum Gasteiger partial charge on any atom is 0.229 e. The third kappa shape index (κ3) is 5.66. The lowest BCUT2D eigenvalue weighted by atomic mass is 10.0. The van der Waals surface area contributed by atoms with Gasteiger partial charge in [-0.2, -0.15) is 5.10 Å². The molecule has 9 heteroatoms. The summed E-state index contributed by atoms with van der Waals surface area (Å²) in [6.45, 7) is 8.17. The highest BCUT2D eigenvalue weighted by atomic mass is 32.2. The number of anilines is 1. The predicted molar refractivity (Wildman–Crippen MR) is 134 cm³/mol. The van der Waals surface area contributed by atoms with Crippen LogP contribution in [0.2, 0.25) is 0 Å². The average molecular weight is 484 g/mol. The Morgan fingerprint density at radius 3 is 2.64 bits per heavy atom. The number of thiophene rings is 1. The van der Waals surface area contributed by atoms with Gasteiger partial charge >= 0.3 is 0 Å². The van der Waals surface area contributed by atoms with Crippen LogP contribution in [0.15, 0.2) is 52.7 Å². The summed E-state index contributed by atoms with van der Waals surface area (Å²) in [5.41, 5.74) is 1.69. The number of nitrogens with zero attached hydrogens (tertiary/aromatic N) is 2. The van der Waals surface area contributed by atoms with E-state index in [0.29, 0.717) is 11.1 Å². The molecule has 0 saturated carbocycles. The summed E-state index contributed by atoms with van der Waals surface area (Å²) >= 11 is 3.37. The van der Waals surface area contributed by atoms with Crippen molar-refractivity contribution in [3.63, 3.8) is 0 Å². The fourth-order valence-electron chi connectivity index (χ4n) is 3.62. The van der Waals surface area contributed by atoms with Crippen LogP contribution >= 0.6 is 23.1 Å². The maximum absolute atomic E-state index is 12.9. The summed E-state index contributed by atoms with van der Waals surface area (Å²) in [5.74, 6) is 0.205. The van der Waals surface area contributed by atoms with E-state index in [1.165, 1.54) is 4.90 Å². The quantitative estimate of drug-likeness (QED) is 0.431. The minimum atomic E-state index is -0.542. The third-order valence-corrected chi connectivity index (χ3v) is 7.45. The summed E-state index contributed by atoms with van der Waals surface area (Å²) < 4.78 is 1.65. The molecule has 1 saturated heterocycles. The molecule has 3 heterocycles. The summed E-state index contributed by atoms with van der Waals surface area (Å²) in [5, 5.41) is 16.5. The molecule has 33 heavy (non-hydrogen) atoms. The number of thioether (sulfide) groups is 1. The highest BCUT2D eigenvalue weighted by molar-refractivity contribution is 7.99. The Balaban J connectivity index is 1.53. The zero-order chi connectivity index (χ0) is 23.5.